The zero-order valence-electron chi connectivity index (χ0n) is 11.4. The summed E-state index contributed by atoms with van der Waals surface area (Å²) in [6.07, 6.45) is 3.32. The zero-order chi connectivity index (χ0) is 13.0. The van der Waals surface area contributed by atoms with Gasteiger partial charge in [0, 0.05) is 24.7 Å². The van der Waals surface area contributed by atoms with Gasteiger partial charge in [0.25, 0.3) is 0 Å². The van der Waals surface area contributed by atoms with Crippen LogP contribution < -0.4 is 5.32 Å². The molecular formula is C15H23FN2. The lowest BCUT2D eigenvalue weighted by molar-refractivity contribution is 0.185. The van der Waals surface area contributed by atoms with Gasteiger partial charge in [-0.3, -0.25) is 4.90 Å². The topological polar surface area (TPSA) is 15.3 Å². The number of benzene rings is 1. The molecule has 0 aliphatic carbocycles. The maximum absolute atomic E-state index is 13.9. The predicted octanol–water partition coefficient (Wildman–Crippen LogP) is 2.57. The minimum atomic E-state index is -0.0547. The lowest BCUT2D eigenvalue weighted by Crippen LogP contribution is -2.44. The quantitative estimate of drug-likeness (QED) is 0.883. The molecule has 0 aromatic heterocycles. The Balaban J connectivity index is 2.09. The van der Waals surface area contributed by atoms with Gasteiger partial charge in [0.05, 0.1) is 0 Å². The van der Waals surface area contributed by atoms with Crippen molar-refractivity contribution in [2.75, 3.05) is 20.1 Å². The molecule has 1 aliphatic heterocycles. The highest BCUT2D eigenvalue weighted by molar-refractivity contribution is 5.28. The van der Waals surface area contributed by atoms with Crippen LogP contribution in [0.2, 0.25) is 0 Å². The van der Waals surface area contributed by atoms with Gasteiger partial charge in [-0.05, 0) is 44.5 Å². The van der Waals surface area contributed by atoms with Crippen LogP contribution in [0, 0.1) is 5.82 Å². The summed E-state index contributed by atoms with van der Waals surface area (Å²) in [4.78, 5) is 2.36. The van der Waals surface area contributed by atoms with Crippen LogP contribution in [-0.4, -0.2) is 31.1 Å². The van der Waals surface area contributed by atoms with Crippen LogP contribution in [-0.2, 0) is 13.0 Å². The average Bonchev–Trinajstić information content (AvgIpc) is 2.41. The van der Waals surface area contributed by atoms with E-state index in [1.807, 2.05) is 19.2 Å². The molecule has 1 heterocycles. The fourth-order valence-electron chi connectivity index (χ4n) is 2.77. The lowest BCUT2D eigenvalue weighted by Gasteiger charge is -2.33. The smallest absolute Gasteiger partial charge is 0.127 e. The second-order valence-corrected chi connectivity index (χ2v) is 5.09. The van der Waals surface area contributed by atoms with E-state index >= 15 is 0 Å². The highest BCUT2D eigenvalue weighted by atomic mass is 19.1. The zero-order valence-corrected chi connectivity index (χ0v) is 11.4. The number of nitrogens with one attached hydrogen (secondary N) is 1. The van der Waals surface area contributed by atoms with Gasteiger partial charge in [0.2, 0.25) is 0 Å². The van der Waals surface area contributed by atoms with Crippen molar-refractivity contribution >= 4 is 0 Å². The molecule has 1 N–H and O–H groups in total. The van der Waals surface area contributed by atoms with Crippen molar-refractivity contribution in [2.45, 2.75) is 38.8 Å². The van der Waals surface area contributed by atoms with E-state index < -0.39 is 0 Å². The molecule has 100 valence electrons. The van der Waals surface area contributed by atoms with E-state index in [1.165, 1.54) is 12.8 Å². The van der Waals surface area contributed by atoms with E-state index in [0.29, 0.717) is 6.04 Å². The van der Waals surface area contributed by atoms with Crippen molar-refractivity contribution in [1.82, 2.24) is 10.2 Å². The maximum Gasteiger partial charge on any atom is 0.127 e. The first-order chi connectivity index (χ1) is 8.74. The average molecular weight is 250 g/mol. The number of nitrogens with zero attached hydrogens (tertiary/aromatic N) is 1. The second kappa shape index (κ2) is 6.30. The molecule has 0 saturated carbocycles. The third-order valence-corrected chi connectivity index (χ3v) is 3.89. The van der Waals surface area contributed by atoms with Crippen LogP contribution in [0.3, 0.4) is 0 Å². The van der Waals surface area contributed by atoms with Gasteiger partial charge < -0.3 is 5.32 Å². The molecule has 2 nitrogen and oxygen atoms in total. The fourth-order valence-corrected chi connectivity index (χ4v) is 2.77. The van der Waals surface area contributed by atoms with Crippen molar-refractivity contribution in [3.63, 3.8) is 0 Å². The SMILES string of the molecule is CCc1cccc(F)c1CN1CCCC(NC)C1. The summed E-state index contributed by atoms with van der Waals surface area (Å²) in [7, 11) is 2.01. The van der Waals surface area contributed by atoms with Gasteiger partial charge in [-0.15, -0.1) is 0 Å². The number of hydrogen-bond donors (Lipinski definition) is 1. The van der Waals surface area contributed by atoms with E-state index in [0.717, 1.165) is 37.2 Å². The molecule has 1 aromatic rings. The first kappa shape index (κ1) is 13.5. The van der Waals surface area contributed by atoms with Crippen LogP contribution in [0.5, 0.6) is 0 Å². The number of rotatable bonds is 4. The van der Waals surface area contributed by atoms with Crippen molar-refractivity contribution in [3.8, 4) is 0 Å². The largest absolute Gasteiger partial charge is 0.316 e. The van der Waals surface area contributed by atoms with Crippen LogP contribution >= 0.6 is 0 Å². The van der Waals surface area contributed by atoms with Gasteiger partial charge in [-0.2, -0.15) is 0 Å². The van der Waals surface area contributed by atoms with E-state index in [9.17, 15) is 4.39 Å². The highest BCUT2D eigenvalue weighted by Gasteiger charge is 2.20. The van der Waals surface area contributed by atoms with E-state index in [2.05, 4.69) is 17.1 Å². The molecule has 1 aromatic carbocycles. The summed E-state index contributed by atoms with van der Waals surface area (Å²) in [6, 6.07) is 5.98. The molecule has 18 heavy (non-hydrogen) atoms. The minimum absolute atomic E-state index is 0.0547. The number of likely N-dealkylation sites (tertiary alicyclic amines) is 1. The van der Waals surface area contributed by atoms with E-state index in [-0.39, 0.29) is 5.82 Å². The highest BCUT2D eigenvalue weighted by Crippen LogP contribution is 2.19. The molecule has 3 heteroatoms. The summed E-state index contributed by atoms with van der Waals surface area (Å²) in [6.45, 7) is 4.93. The van der Waals surface area contributed by atoms with E-state index in [1.54, 1.807) is 6.07 Å². The van der Waals surface area contributed by atoms with Gasteiger partial charge in [0.15, 0.2) is 0 Å². The van der Waals surface area contributed by atoms with Crippen LogP contribution in [0.15, 0.2) is 18.2 Å². The normalized spacial score (nSPS) is 21.2. The minimum Gasteiger partial charge on any atom is -0.316 e. The molecular weight excluding hydrogens is 227 g/mol. The molecule has 1 unspecified atom stereocenters. The lowest BCUT2D eigenvalue weighted by atomic mass is 10.0. The van der Waals surface area contributed by atoms with Crippen LogP contribution in [0.4, 0.5) is 4.39 Å². The third-order valence-electron chi connectivity index (χ3n) is 3.89. The van der Waals surface area contributed by atoms with Crippen molar-refractivity contribution in [1.29, 1.82) is 0 Å². The monoisotopic (exact) mass is 250 g/mol. The van der Waals surface area contributed by atoms with Gasteiger partial charge >= 0.3 is 0 Å². The van der Waals surface area contributed by atoms with Crippen molar-refractivity contribution < 1.29 is 4.39 Å². The van der Waals surface area contributed by atoms with Crippen molar-refractivity contribution in [2.24, 2.45) is 0 Å². The first-order valence-electron chi connectivity index (χ1n) is 6.90. The Labute approximate surface area is 109 Å². The molecule has 1 fully saturated rings. The molecule has 1 saturated heterocycles. The Morgan fingerprint density at radius 3 is 3.00 bits per heavy atom. The Kier molecular flexibility index (Phi) is 4.72. The Morgan fingerprint density at radius 2 is 2.28 bits per heavy atom. The summed E-state index contributed by atoms with van der Waals surface area (Å²) >= 11 is 0. The Hall–Kier alpha value is -0.930. The molecule has 1 aliphatic rings. The molecule has 0 bridgehead atoms. The Morgan fingerprint density at radius 1 is 1.44 bits per heavy atom. The standard InChI is InChI=1S/C15H23FN2/c1-3-12-6-4-8-15(16)14(12)11-18-9-5-7-13(10-18)17-2/h4,6,8,13,17H,3,5,7,9-11H2,1-2H3. The number of aryl methyl sites for hydroxylation is 1. The molecule has 2 rings (SSSR count). The van der Waals surface area contributed by atoms with Crippen LogP contribution in [0.1, 0.15) is 30.9 Å². The second-order valence-electron chi connectivity index (χ2n) is 5.09. The summed E-state index contributed by atoms with van der Waals surface area (Å²) in [5.74, 6) is -0.0547. The predicted molar refractivity (Wildman–Crippen MR) is 73.1 cm³/mol. The van der Waals surface area contributed by atoms with Gasteiger partial charge in [-0.1, -0.05) is 19.1 Å². The third kappa shape index (κ3) is 3.09. The van der Waals surface area contributed by atoms with Gasteiger partial charge in [-0.25, -0.2) is 4.39 Å². The molecule has 1 atom stereocenters. The van der Waals surface area contributed by atoms with Crippen molar-refractivity contribution in [3.05, 3.63) is 35.1 Å². The summed E-state index contributed by atoms with van der Waals surface area (Å²) in [5, 5.41) is 3.33. The molecule has 0 radical (unpaired) electrons. The fraction of sp³-hybridized carbons (Fsp3) is 0.600. The number of likely N-dealkylation sites (N-methyl/N-ethyl adjacent to an activating group) is 1. The summed E-state index contributed by atoms with van der Waals surface area (Å²) < 4.78 is 13.9. The molecule has 0 spiro atoms. The number of piperidine rings is 1. The first-order valence-corrected chi connectivity index (χ1v) is 6.90. The maximum atomic E-state index is 13.9. The Bertz CT molecular complexity index is 392. The number of hydrogen-bond acceptors (Lipinski definition) is 2. The number of halogens is 1. The van der Waals surface area contributed by atoms with Gasteiger partial charge in [0.1, 0.15) is 5.82 Å². The molecule has 0 amide bonds. The van der Waals surface area contributed by atoms with E-state index in [4.69, 9.17) is 0 Å². The summed E-state index contributed by atoms with van der Waals surface area (Å²) in [5.41, 5.74) is 2.03. The van der Waals surface area contributed by atoms with Crippen LogP contribution in [0.25, 0.3) is 0 Å².